The molecule has 1 amide bonds. The zero-order chi connectivity index (χ0) is 12.0. The van der Waals surface area contributed by atoms with Crippen LogP contribution in [0, 0.1) is 5.41 Å². The molecule has 1 saturated heterocycles. The van der Waals surface area contributed by atoms with E-state index in [0.717, 1.165) is 0 Å². The Labute approximate surface area is 91.0 Å². The number of hydrogen-bond donors (Lipinski definition) is 1. The summed E-state index contributed by atoms with van der Waals surface area (Å²) in [6.45, 7) is 11.5. The fraction of sp³-hybridized carbons (Fsp3) is 0.818. The zero-order valence-electron chi connectivity index (χ0n) is 10.3. The van der Waals surface area contributed by atoms with Gasteiger partial charge in [0.05, 0.1) is 11.6 Å². The van der Waals surface area contributed by atoms with Gasteiger partial charge in [0.1, 0.15) is 0 Å². The molecule has 1 aliphatic rings. The van der Waals surface area contributed by atoms with Crippen molar-refractivity contribution >= 4 is 11.7 Å². The summed E-state index contributed by atoms with van der Waals surface area (Å²) in [6.07, 6.45) is 0. The normalized spacial score (nSPS) is 23.9. The van der Waals surface area contributed by atoms with Crippen LogP contribution in [0.15, 0.2) is 0 Å². The topological polar surface area (TPSA) is 49.4 Å². The third-order valence-corrected chi connectivity index (χ3v) is 2.47. The van der Waals surface area contributed by atoms with Gasteiger partial charge in [0, 0.05) is 0 Å². The van der Waals surface area contributed by atoms with Gasteiger partial charge in [-0.25, -0.2) is 5.43 Å². The van der Waals surface area contributed by atoms with Crippen LogP contribution in [0.25, 0.3) is 0 Å². The molecule has 0 aromatic rings. The van der Waals surface area contributed by atoms with Crippen molar-refractivity contribution in [2.24, 2.45) is 5.41 Å². The summed E-state index contributed by atoms with van der Waals surface area (Å²) < 4.78 is 0. The number of carbonyl (C=O) groups excluding carboxylic acids is 2. The van der Waals surface area contributed by atoms with Gasteiger partial charge < -0.3 is 0 Å². The predicted molar refractivity (Wildman–Crippen MR) is 58.0 cm³/mol. The van der Waals surface area contributed by atoms with Crippen LogP contribution in [0.2, 0.25) is 0 Å². The minimum absolute atomic E-state index is 0.243. The number of ketones is 1. The summed E-state index contributed by atoms with van der Waals surface area (Å²) >= 11 is 0. The van der Waals surface area contributed by atoms with E-state index in [4.69, 9.17) is 0 Å². The van der Waals surface area contributed by atoms with Crippen LogP contribution in [0.4, 0.5) is 0 Å². The van der Waals surface area contributed by atoms with Crippen LogP contribution in [0.1, 0.15) is 41.5 Å². The number of nitrogens with one attached hydrogen (secondary N) is 1. The molecule has 1 unspecified atom stereocenters. The number of Topliss-reactive ketones (excluding diaryl/α,β-unsaturated/α-hetero) is 1. The third-order valence-electron chi connectivity index (χ3n) is 2.47. The average molecular weight is 212 g/mol. The number of carbonyl (C=O) groups is 2. The van der Waals surface area contributed by atoms with E-state index in [2.05, 4.69) is 5.43 Å². The first-order valence-electron chi connectivity index (χ1n) is 5.20. The second-order valence-corrected chi connectivity index (χ2v) is 6.10. The standard InChI is InChI=1S/C11H20N2O2/c1-10(2,3)8-7(14)9(15)13(12-8)11(4,5)6/h8,12H,1-6H3. The minimum atomic E-state index is -0.428. The second kappa shape index (κ2) is 3.30. The van der Waals surface area contributed by atoms with Gasteiger partial charge in [-0.2, -0.15) is 0 Å². The summed E-state index contributed by atoms with van der Waals surface area (Å²) in [4.78, 5) is 23.5. The largest absolute Gasteiger partial charge is 0.306 e. The van der Waals surface area contributed by atoms with Gasteiger partial charge in [0.25, 0.3) is 0 Å². The van der Waals surface area contributed by atoms with Crippen LogP contribution >= 0.6 is 0 Å². The maximum absolute atomic E-state index is 11.8. The van der Waals surface area contributed by atoms with Gasteiger partial charge in [-0.15, -0.1) is 0 Å². The SMILES string of the molecule is CC(C)(C)C1NN(C(C)(C)C)C(=O)C1=O. The molecule has 4 nitrogen and oxygen atoms in total. The molecule has 0 aromatic carbocycles. The van der Waals surface area contributed by atoms with E-state index in [1.165, 1.54) is 5.01 Å². The Morgan fingerprint density at radius 1 is 1.07 bits per heavy atom. The molecule has 4 heteroatoms. The zero-order valence-corrected chi connectivity index (χ0v) is 10.3. The molecule has 0 radical (unpaired) electrons. The molecule has 86 valence electrons. The van der Waals surface area contributed by atoms with Crippen molar-refractivity contribution in [3.05, 3.63) is 0 Å². The molecular formula is C11H20N2O2. The maximum atomic E-state index is 11.8. The van der Waals surface area contributed by atoms with E-state index in [1.807, 2.05) is 41.5 Å². The van der Waals surface area contributed by atoms with Crippen LogP contribution in [0.3, 0.4) is 0 Å². The molecule has 0 saturated carbocycles. The van der Waals surface area contributed by atoms with Crippen molar-refractivity contribution in [2.75, 3.05) is 0 Å². The third kappa shape index (κ3) is 2.20. The Balaban J connectivity index is 2.97. The second-order valence-electron chi connectivity index (χ2n) is 6.10. The maximum Gasteiger partial charge on any atom is 0.306 e. The fourth-order valence-corrected chi connectivity index (χ4v) is 1.57. The number of rotatable bonds is 0. The summed E-state index contributed by atoms with van der Waals surface area (Å²) in [5.74, 6) is -0.764. The molecule has 0 aliphatic carbocycles. The smallest absolute Gasteiger partial charge is 0.287 e. The molecule has 1 N–H and O–H groups in total. The monoisotopic (exact) mass is 212 g/mol. The summed E-state index contributed by atoms with van der Waals surface area (Å²) in [7, 11) is 0. The van der Waals surface area contributed by atoms with Crippen molar-refractivity contribution in [2.45, 2.75) is 53.1 Å². The summed E-state index contributed by atoms with van der Waals surface area (Å²) in [6, 6.07) is -0.413. The van der Waals surface area contributed by atoms with Gasteiger partial charge in [-0.3, -0.25) is 14.6 Å². The number of hydrogen-bond acceptors (Lipinski definition) is 3. The summed E-state index contributed by atoms with van der Waals surface area (Å²) in [5.41, 5.74) is 2.39. The fourth-order valence-electron chi connectivity index (χ4n) is 1.57. The van der Waals surface area contributed by atoms with E-state index in [-0.39, 0.29) is 16.7 Å². The van der Waals surface area contributed by atoms with Gasteiger partial charge in [-0.1, -0.05) is 20.8 Å². The first-order chi connectivity index (χ1) is 6.55. The highest BCUT2D eigenvalue weighted by Crippen LogP contribution is 2.27. The van der Waals surface area contributed by atoms with Crippen LogP contribution < -0.4 is 5.43 Å². The molecule has 0 bridgehead atoms. The van der Waals surface area contributed by atoms with Crippen LogP contribution in [-0.4, -0.2) is 28.3 Å². The summed E-state index contributed by atoms with van der Waals surface area (Å²) in [5, 5.41) is 1.44. The van der Waals surface area contributed by atoms with Gasteiger partial charge in [0.15, 0.2) is 0 Å². The van der Waals surface area contributed by atoms with Crippen LogP contribution in [-0.2, 0) is 9.59 Å². The first-order valence-corrected chi connectivity index (χ1v) is 5.20. The van der Waals surface area contributed by atoms with Crippen molar-refractivity contribution in [3.63, 3.8) is 0 Å². The Hall–Kier alpha value is -0.900. The van der Waals surface area contributed by atoms with E-state index in [1.54, 1.807) is 0 Å². The highest BCUT2D eigenvalue weighted by Gasteiger charge is 2.47. The minimum Gasteiger partial charge on any atom is -0.287 e. The van der Waals surface area contributed by atoms with E-state index in [9.17, 15) is 9.59 Å². The number of amides is 1. The molecule has 1 atom stereocenters. The van der Waals surface area contributed by atoms with Gasteiger partial charge in [-0.05, 0) is 26.2 Å². The van der Waals surface area contributed by atoms with E-state index >= 15 is 0 Å². The van der Waals surface area contributed by atoms with Crippen molar-refractivity contribution < 1.29 is 9.59 Å². The Morgan fingerprint density at radius 2 is 1.53 bits per heavy atom. The van der Waals surface area contributed by atoms with Crippen LogP contribution in [0.5, 0.6) is 0 Å². The Bertz CT molecular complexity index is 267. The number of hydrazine groups is 1. The molecule has 1 rings (SSSR count). The molecule has 0 spiro atoms. The lowest BCUT2D eigenvalue weighted by Crippen LogP contribution is -2.51. The van der Waals surface area contributed by atoms with Crippen molar-refractivity contribution in [1.82, 2.24) is 10.4 Å². The molecule has 1 heterocycles. The van der Waals surface area contributed by atoms with E-state index < -0.39 is 11.9 Å². The first kappa shape index (κ1) is 12.2. The Kier molecular flexibility index (Phi) is 2.68. The molecule has 15 heavy (non-hydrogen) atoms. The Morgan fingerprint density at radius 3 is 1.73 bits per heavy atom. The molecule has 1 fully saturated rings. The van der Waals surface area contributed by atoms with Gasteiger partial charge >= 0.3 is 5.91 Å². The highest BCUT2D eigenvalue weighted by atomic mass is 16.2. The van der Waals surface area contributed by atoms with Crippen molar-refractivity contribution in [1.29, 1.82) is 0 Å². The quantitative estimate of drug-likeness (QED) is 0.612. The van der Waals surface area contributed by atoms with Crippen molar-refractivity contribution in [3.8, 4) is 0 Å². The molecule has 0 aromatic heterocycles. The lowest BCUT2D eigenvalue weighted by atomic mass is 9.85. The molecule has 1 aliphatic heterocycles. The lowest BCUT2D eigenvalue weighted by Gasteiger charge is -2.33. The van der Waals surface area contributed by atoms with E-state index in [0.29, 0.717) is 0 Å². The predicted octanol–water partition coefficient (Wildman–Crippen LogP) is 1.12. The average Bonchev–Trinajstić information content (AvgIpc) is 2.26. The number of nitrogens with zero attached hydrogens (tertiary/aromatic N) is 1. The highest BCUT2D eigenvalue weighted by molar-refractivity contribution is 6.40. The molecular weight excluding hydrogens is 192 g/mol. The lowest BCUT2D eigenvalue weighted by molar-refractivity contribution is -0.144. The van der Waals surface area contributed by atoms with Gasteiger partial charge in [0.2, 0.25) is 5.78 Å².